The molecule has 6 heteroatoms. The fraction of sp³-hybridized carbons (Fsp3) is 0.500. The van der Waals surface area contributed by atoms with E-state index in [2.05, 4.69) is 5.32 Å². The van der Waals surface area contributed by atoms with Gasteiger partial charge in [-0.2, -0.15) is 0 Å². The van der Waals surface area contributed by atoms with Crippen molar-refractivity contribution >= 4 is 11.8 Å². The van der Waals surface area contributed by atoms with Crippen LogP contribution < -0.4 is 11.1 Å². The number of aliphatic hydroxyl groups is 1. The number of aliphatic hydroxyl groups excluding tert-OH is 1. The largest absolute Gasteiger partial charge is 0.393 e. The third-order valence-electron chi connectivity index (χ3n) is 3.38. The Morgan fingerprint density at radius 3 is 2.59 bits per heavy atom. The Bertz CT molecular complexity index is 464. The summed E-state index contributed by atoms with van der Waals surface area (Å²) in [6.45, 7) is 0.660. The summed E-state index contributed by atoms with van der Waals surface area (Å²) in [5, 5.41) is 12.6. The number of nitrogens with one attached hydrogen (secondary N) is 1. The molecule has 0 aliphatic rings. The summed E-state index contributed by atoms with van der Waals surface area (Å²) in [7, 11) is 1.52. The minimum atomic E-state index is -1.03. The van der Waals surface area contributed by atoms with Gasteiger partial charge in [0.1, 0.15) is 5.92 Å². The minimum absolute atomic E-state index is 0.0288. The Kier molecular flexibility index (Phi) is 8.17. The number of benzene rings is 1. The van der Waals surface area contributed by atoms with E-state index in [9.17, 15) is 14.7 Å². The van der Waals surface area contributed by atoms with E-state index in [0.717, 1.165) is 5.56 Å². The molecule has 2 amide bonds. The second-order valence-electron chi connectivity index (χ2n) is 5.15. The van der Waals surface area contributed by atoms with Gasteiger partial charge in [0.15, 0.2) is 0 Å². The molecule has 122 valence electrons. The monoisotopic (exact) mass is 308 g/mol. The number of hydrogen-bond donors (Lipinski definition) is 3. The first-order valence-electron chi connectivity index (χ1n) is 7.32. The molecule has 0 radical (unpaired) electrons. The van der Waals surface area contributed by atoms with E-state index < -0.39 is 23.8 Å². The zero-order chi connectivity index (χ0) is 16.4. The summed E-state index contributed by atoms with van der Waals surface area (Å²) in [6, 6.07) is 9.72. The highest BCUT2D eigenvalue weighted by atomic mass is 16.5. The zero-order valence-corrected chi connectivity index (χ0v) is 12.8. The van der Waals surface area contributed by atoms with Crippen molar-refractivity contribution in [1.29, 1.82) is 0 Å². The van der Waals surface area contributed by atoms with Crippen LogP contribution in [0, 0.1) is 5.92 Å². The summed E-state index contributed by atoms with van der Waals surface area (Å²) in [6.07, 6.45) is 0.421. The molecule has 22 heavy (non-hydrogen) atoms. The van der Waals surface area contributed by atoms with Gasteiger partial charge in [0.2, 0.25) is 11.8 Å². The molecule has 0 aliphatic heterocycles. The Morgan fingerprint density at radius 1 is 1.32 bits per heavy atom. The maximum atomic E-state index is 11.9. The molecule has 6 nitrogen and oxygen atoms in total. The maximum Gasteiger partial charge on any atom is 0.232 e. The van der Waals surface area contributed by atoms with Crippen molar-refractivity contribution in [3.63, 3.8) is 0 Å². The molecule has 0 heterocycles. The molecule has 0 saturated heterocycles. The number of rotatable bonds is 10. The Hall–Kier alpha value is -1.92. The summed E-state index contributed by atoms with van der Waals surface area (Å²) < 4.78 is 4.82. The van der Waals surface area contributed by atoms with E-state index in [1.165, 1.54) is 7.11 Å². The lowest BCUT2D eigenvalue weighted by Crippen LogP contribution is -2.41. The molecule has 0 unspecified atom stereocenters. The Morgan fingerprint density at radius 2 is 2.00 bits per heavy atom. The number of amides is 2. The van der Waals surface area contributed by atoms with Gasteiger partial charge in [0, 0.05) is 13.7 Å². The molecule has 0 saturated carbocycles. The van der Waals surface area contributed by atoms with Crippen LogP contribution in [0.4, 0.5) is 0 Å². The van der Waals surface area contributed by atoms with Gasteiger partial charge in [0.25, 0.3) is 0 Å². The molecule has 0 aliphatic carbocycles. The summed E-state index contributed by atoms with van der Waals surface area (Å²) >= 11 is 0. The molecule has 0 spiro atoms. The number of carbonyl (C=O) groups is 2. The zero-order valence-electron chi connectivity index (χ0n) is 12.8. The highest BCUT2D eigenvalue weighted by Gasteiger charge is 2.26. The minimum Gasteiger partial charge on any atom is -0.393 e. The Balaban J connectivity index is 2.44. The second-order valence-corrected chi connectivity index (χ2v) is 5.15. The van der Waals surface area contributed by atoms with E-state index in [4.69, 9.17) is 10.5 Å². The smallest absolute Gasteiger partial charge is 0.232 e. The van der Waals surface area contributed by atoms with Crippen LogP contribution in [0.15, 0.2) is 30.3 Å². The highest BCUT2D eigenvalue weighted by molar-refractivity contribution is 5.99. The quantitative estimate of drug-likeness (QED) is 0.425. The molecule has 1 rings (SSSR count). The number of aryl methyl sites for hydroxylation is 1. The number of carbonyl (C=O) groups excluding carboxylic acids is 2. The third-order valence-corrected chi connectivity index (χ3v) is 3.38. The van der Waals surface area contributed by atoms with Gasteiger partial charge in [0.05, 0.1) is 12.7 Å². The average Bonchev–Trinajstić information content (AvgIpc) is 2.51. The second kappa shape index (κ2) is 9.92. The van der Waals surface area contributed by atoms with Crippen LogP contribution in [0.5, 0.6) is 0 Å². The van der Waals surface area contributed by atoms with Gasteiger partial charge in [-0.15, -0.1) is 0 Å². The lowest BCUT2D eigenvalue weighted by molar-refractivity contribution is -0.135. The van der Waals surface area contributed by atoms with Gasteiger partial charge in [-0.05, 0) is 24.8 Å². The third kappa shape index (κ3) is 6.69. The average molecular weight is 308 g/mol. The molecular formula is C16H24N2O4. The first kappa shape index (κ1) is 18.1. The maximum absolute atomic E-state index is 11.9. The SMILES string of the molecule is COCCNC(=O)[C@H](C[C@@H](O)CCc1ccccc1)C(N)=O. The van der Waals surface area contributed by atoms with Gasteiger partial charge in [-0.25, -0.2) is 0 Å². The Labute approximate surface area is 130 Å². The highest BCUT2D eigenvalue weighted by Crippen LogP contribution is 2.13. The van der Waals surface area contributed by atoms with E-state index in [1.807, 2.05) is 30.3 Å². The molecule has 1 aromatic carbocycles. The van der Waals surface area contributed by atoms with Gasteiger partial charge in [-0.1, -0.05) is 30.3 Å². The predicted octanol–water partition coefficient (Wildman–Crippen LogP) is 0.234. The topological polar surface area (TPSA) is 102 Å². The van der Waals surface area contributed by atoms with Crippen LogP contribution in [-0.2, 0) is 20.7 Å². The van der Waals surface area contributed by atoms with Crippen LogP contribution in [0.1, 0.15) is 18.4 Å². The number of primary amides is 1. The van der Waals surface area contributed by atoms with E-state index in [-0.39, 0.29) is 6.42 Å². The molecule has 4 N–H and O–H groups in total. The summed E-state index contributed by atoms with van der Waals surface area (Å²) in [5.74, 6) is -2.22. The summed E-state index contributed by atoms with van der Waals surface area (Å²) in [5.41, 5.74) is 6.35. The van der Waals surface area contributed by atoms with Crippen LogP contribution in [-0.4, -0.2) is 43.3 Å². The molecule has 2 atom stereocenters. The lowest BCUT2D eigenvalue weighted by atomic mass is 9.96. The fourth-order valence-electron chi connectivity index (χ4n) is 2.12. The van der Waals surface area contributed by atoms with Gasteiger partial charge in [-0.3, -0.25) is 9.59 Å². The van der Waals surface area contributed by atoms with Crippen LogP contribution >= 0.6 is 0 Å². The standard InChI is InChI=1S/C16H24N2O4/c1-22-10-9-18-16(21)14(15(17)20)11-13(19)8-7-12-5-3-2-4-6-12/h2-6,13-14,19H,7-11H2,1H3,(H2,17,20)(H,18,21)/t13-,14+/m0/s1. The molecule has 0 bridgehead atoms. The number of hydrogen-bond acceptors (Lipinski definition) is 4. The van der Waals surface area contributed by atoms with Crippen molar-refractivity contribution in [3.8, 4) is 0 Å². The molecule has 0 aromatic heterocycles. The van der Waals surface area contributed by atoms with E-state index in [1.54, 1.807) is 0 Å². The summed E-state index contributed by atoms with van der Waals surface area (Å²) in [4.78, 5) is 23.3. The van der Waals surface area contributed by atoms with Crippen molar-refractivity contribution in [3.05, 3.63) is 35.9 Å². The lowest BCUT2D eigenvalue weighted by Gasteiger charge is -2.17. The number of nitrogens with two attached hydrogens (primary N) is 1. The van der Waals surface area contributed by atoms with Crippen molar-refractivity contribution in [2.75, 3.05) is 20.3 Å². The van der Waals surface area contributed by atoms with Gasteiger partial charge < -0.3 is 20.9 Å². The van der Waals surface area contributed by atoms with Crippen molar-refractivity contribution < 1.29 is 19.4 Å². The van der Waals surface area contributed by atoms with Crippen molar-refractivity contribution in [1.82, 2.24) is 5.32 Å². The molecule has 1 aromatic rings. The van der Waals surface area contributed by atoms with Crippen molar-refractivity contribution in [2.24, 2.45) is 11.7 Å². The molecule has 0 fully saturated rings. The van der Waals surface area contributed by atoms with Crippen LogP contribution in [0.25, 0.3) is 0 Å². The predicted molar refractivity (Wildman–Crippen MR) is 83.0 cm³/mol. The first-order valence-corrected chi connectivity index (χ1v) is 7.32. The number of methoxy groups -OCH3 is 1. The van der Waals surface area contributed by atoms with Crippen LogP contribution in [0.3, 0.4) is 0 Å². The van der Waals surface area contributed by atoms with E-state index >= 15 is 0 Å². The van der Waals surface area contributed by atoms with E-state index in [0.29, 0.717) is 26.0 Å². The molecular weight excluding hydrogens is 284 g/mol. The van der Waals surface area contributed by atoms with Crippen molar-refractivity contribution in [2.45, 2.75) is 25.4 Å². The van der Waals surface area contributed by atoms with Crippen LogP contribution in [0.2, 0.25) is 0 Å². The normalized spacial score (nSPS) is 13.4. The first-order chi connectivity index (χ1) is 10.5. The van der Waals surface area contributed by atoms with Gasteiger partial charge >= 0.3 is 0 Å². The fourth-order valence-corrected chi connectivity index (χ4v) is 2.12. The number of ether oxygens (including phenoxy) is 1.